The second-order valence-corrected chi connectivity index (χ2v) is 8.76. The van der Waals surface area contributed by atoms with E-state index in [-0.39, 0.29) is 23.1 Å². The molecule has 1 heterocycles. The molecule has 0 aliphatic heterocycles. The molecule has 1 aliphatic carbocycles. The van der Waals surface area contributed by atoms with Crippen molar-refractivity contribution in [2.75, 3.05) is 0 Å². The number of benzene rings is 3. The van der Waals surface area contributed by atoms with E-state index < -0.39 is 17.6 Å². The van der Waals surface area contributed by atoms with E-state index >= 15 is 0 Å². The molecule has 2 N–H and O–H groups in total. The average Bonchev–Trinajstić information content (AvgIpc) is 3.48. The normalized spacial score (nSPS) is 17.6. The number of aliphatic carboxylic acids is 1. The SMILES string of the molecule is O=C(c1ccccc1F)c1sc2cc(O)ccc2c1-c1ccc(C2CC2C(=O)O)cc1. The Morgan fingerprint density at radius 1 is 1.00 bits per heavy atom. The average molecular weight is 432 g/mol. The third-order valence-electron chi connectivity index (χ3n) is 5.73. The number of rotatable bonds is 5. The van der Waals surface area contributed by atoms with Gasteiger partial charge in [0.25, 0.3) is 0 Å². The molecule has 0 bridgehead atoms. The van der Waals surface area contributed by atoms with E-state index in [4.69, 9.17) is 0 Å². The molecule has 2 atom stereocenters. The Balaban J connectivity index is 1.62. The minimum atomic E-state index is -0.782. The Bertz CT molecular complexity index is 1340. The zero-order chi connectivity index (χ0) is 21.7. The number of fused-ring (bicyclic) bond motifs is 1. The number of carboxylic acid groups (broad SMARTS) is 1. The fourth-order valence-electron chi connectivity index (χ4n) is 4.03. The molecule has 0 saturated heterocycles. The van der Waals surface area contributed by atoms with Crippen LogP contribution < -0.4 is 0 Å². The zero-order valence-corrected chi connectivity index (χ0v) is 17.0. The van der Waals surface area contributed by atoms with Crippen molar-refractivity contribution in [3.05, 3.63) is 88.6 Å². The number of ketones is 1. The van der Waals surface area contributed by atoms with E-state index in [0.717, 1.165) is 21.2 Å². The van der Waals surface area contributed by atoms with Crippen LogP contribution in [0.25, 0.3) is 21.2 Å². The van der Waals surface area contributed by atoms with Crippen LogP contribution in [0, 0.1) is 11.7 Å². The Kier molecular flexibility index (Phi) is 4.59. The molecule has 0 spiro atoms. The van der Waals surface area contributed by atoms with Crippen LogP contribution in [0.1, 0.15) is 33.1 Å². The summed E-state index contributed by atoms with van der Waals surface area (Å²) in [6.07, 6.45) is 0.631. The van der Waals surface area contributed by atoms with Gasteiger partial charge in [0, 0.05) is 15.6 Å². The summed E-state index contributed by atoms with van der Waals surface area (Å²) in [6, 6.07) is 18.3. The Morgan fingerprint density at radius 3 is 2.42 bits per heavy atom. The van der Waals surface area contributed by atoms with Gasteiger partial charge in [-0.15, -0.1) is 11.3 Å². The summed E-state index contributed by atoms with van der Waals surface area (Å²) in [5.74, 6) is -2.01. The quantitative estimate of drug-likeness (QED) is 0.389. The van der Waals surface area contributed by atoms with Crippen molar-refractivity contribution in [1.82, 2.24) is 0 Å². The smallest absolute Gasteiger partial charge is 0.307 e. The maximum atomic E-state index is 14.3. The van der Waals surface area contributed by atoms with Gasteiger partial charge in [-0.2, -0.15) is 0 Å². The van der Waals surface area contributed by atoms with Crippen LogP contribution >= 0.6 is 11.3 Å². The molecule has 1 fully saturated rings. The molecule has 6 heteroatoms. The first-order valence-electron chi connectivity index (χ1n) is 9.82. The van der Waals surface area contributed by atoms with E-state index in [1.807, 2.05) is 24.3 Å². The molecule has 0 radical (unpaired) electrons. The molecule has 4 nitrogen and oxygen atoms in total. The summed E-state index contributed by atoms with van der Waals surface area (Å²) in [7, 11) is 0. The van der Waals surface area contributed by atoms with Crippen LogP contribution in [-0.2, 0) is 4.79 Å². The first kappa shape index (κ1) is 19.5. The van der Waals surface area contributed by atoms with Crippen molar-refractivity contribution in [3.63, 3.8) is 0 Å². The van der Waals surface area contributed by atoms with Gasteiger partial charge in [-0.25, -0.2) is 4.39 Å². The van der Waals surface area contributed by atoms with Crippen LogP contribution in [0.3, 0.4) is 0 Å². The van der Waals surface area contributed by atoms with Crippen molar-refractivity contribution in [1.29, 1.82) is 0 Å². The lowest BCUT2D eigenvalue weighted by atomic mass is 9.96. The van der Waals surface area contributed by atoms with Crippen molar-refractivity contribution >= 4 is 33.2 Å². The summed E-state index contributed by atoms with van der Waals surface area (Å²) in [4.78, 5) is 24.8. The highest BCUT2D eigenvalue weighted by atomic mass is 32.1. The monoisotopic (exact) mass is 432 g/mol. The minimum absolute atomic E-state index is 0.00145. The topological polar surface area (TPSA) is 74.6 Å². The first-order chi connectivity index (χ1) is 14.9. The summed E-state index contributed by atoms with van der Waals surface area (Å²) < 4.78 is 15.1. The minimum Gasteiger partial charge on any atom is -0.508 e. The molecule has 0 amide bonds. The van der Waals surface area contributed by atoms with E-state index in [1.165, 1.54) is 29.5 Å². The fraction of sp³-hybridized carbons (Fsp3) is 0.120. The standard InChI is InChI=1S/C25H17FO4S/c26-20-4-2-1-3-16(20)23(28)24-22(17-10-9-15(27)11-21(17)31-24)14-7-5-13(6-8-14)18-12-19(18)25(29)30/h1-11,18-19,27H,12H2,(H,29,30). The van der Waals surface area contributed by atoms with Crippen molar-refractivity contribution < 1.29 is 24.2 Å². The molecular formula is C25H17FO4S. The lowest BCUT2D eigenvalue weighted by Gasteiger charge is -2.07. The number of halogens is 1. The highest BCUT2D eigenvalue weighted by molar-refractivity contribution is 7.21. The van der Waals surface area contributed by atoms with Gasteiger partial charge in [0.15, 0.2) is 0 Å². The van der Waals surface area contributed by atoms with Crippen LogP contribution in [0.2, 0.25) is 0 Å². The van der Waals surface area contributed by atoms with E-state index in [1.54, 1.807) is 24.3 Å². The van der Waals surface area contributed by atoms with Crippen molar-refractivity contribution in [3.8, 4) is 16.9 Å². The molecule has 1 saturated carbocycles. The molecule has 3 aromatic carbocycles. The lowest BCUT2D eigenvalue weighted by Crippen LogP contribution is -2.03. The number of thiophene rings is 1. The van der Waals surface area contributed by atoms with Crippen LogP contribution in [0.5, 0.6) is 5.75 Å². The number of carbonyl (C=O) groups is 2. The number of phenols is 1. The fourth-order valence-corrected chi connectivity index (χ4v) is 5.24. The van der Waals surface area contributed by atoms with Gasteiger partial charge < -0.3 is 10.2 Å². The van der Waals surface area contributed by atoms with Crippen molar-refractivity contribution in [2.45, 2.75) is 12.3 Å². The number of hydrogen-bond acceptors (Lipinski definition) is 4. The first-order valence-corrected chi connectivity index (χ1v) is 10.6. The molecule has 4 aromatic rings. The molecular weight excluding hydrogens is 415 g/mol. The summed E-state index contributed by atoms with van der Waals surface area (Å²) in [6.45, 7) is 0. The predicted molar refractivity (Wildman–Crippen MR) is 117 cm³/mol. The third-order valence-corrected chi connectivity index (χ3v) is 6.88. The molecule has 5 rings (SSSR count). The van der Waals surface area contributed by atoms with E-state index in [9.17, 15) is 24.2 Å². The van der Waals surface area contributed by atoms with Gasteiger partial charge in [0.2, 0.25) is 5.78 Å². The van der Waals surface area contributed by atoms with Crippen LogP contribution in [0.4, 0.5) is 4.39 Å². The number of carbonyl (C=O) groups excluding carboxylic acids is 1. The largest absolute Gasteiger partial charge is 0.508 e. The van der Waals surface area contributed by atoms with E-state index in [2.05, 4.69) is 0 Å². The maximum absolute atomic E-state index is 14.3. The van der Waals surface area contributed by atoms with Gasteiger partial charge in [0.1, 0.15) is 11.6 Å². The molecule has 1 aliphatic rings. The van der Waals surface area contributed by atoms with Gasteiger partial charge >= 0.3 is 5.97 Å². The van der Waals surface area contributed by atoms with E-state index in [0.29, 0.717) is 16.9 Å². The molecule has 2 unspecified atom stereocenters. The molecule has 154 valence electrons. The Hall–Kier alpha value is -3.51. The van der Waals surface area contributed by atoms with Gasteiger partial charge in [-0.3, -0.25) is 9.59 Å². The Labute approximate surface area is 181 Å². The third kappa shape index (κ3) is 3.39. The second kappa shape index (κ2) is 7.32. The van der Waals surface area contributed by atoms with Gasteiger partial charge in [0.05, 0.1) is 16.4 Å². The predicted octanol–water partition coefficient (Wildman–Crippen LogP) is 5.83. The number of phenolic OH excluding ortho intramolecular Hbond substituents is 1. The zero-order valence-electron chi connectivity index (χ0n) is 16.2. The number of hydrogen-bond donors (Lipinski definition) is 2. The maximum Gasteiger partial charge on any atom is 0.307 e. The number of aromatic hydroxyl groups is 1. The molecule has 31 heavy (non-hydrogen) atoms. The van der Waals surface area contributed by atoms with Gasteiger partial charge in [-0.1, -0.05) is 36.4 Å². The van der Waals surface area contributed by atoms with Gasteiger partial charge in [-0.05, 0) is 53.8 Å². The number of carboxylic acids is 1. The Morgan fingerprint density at radius 2 is 1.74 bits per heavy atom. The summed E-state index contributed by atoms with van der Waals surface area (Å²) in [5.41, 5.74) is 2.42. The summed E-state index contributed by atoms with van der Waals surface area (Å²) >= 11 is 1.22. The highest BCUT2D eigenvalue weighted by Crippen LogP contribution is 2.48. The summed E-state index contributed by atoms with van der Waals surface area (Å²) in [5, 5.41) is 19.9. The van der Waals surface area contributed by atoms with Crippen molar-refractivity contribution in [2.24, 2.45) is 5.92 Å². The van der Waals surface area contributed by atoms with Crippen LogP contribution in [0.15, 0.2) is 66.7 Å². The van der Waals surface area contributed by atoms with Crippen LogP contribution in [-0.4, -0.2) is 22.0 Å². The second-order valence-electron chi connectivity index (χ2n) is 7.70. The lowest BCUT2D eigenvalue weighted by molar-refractivity contribution is -0.138. The highest BCUT2D eigenvalue weighted by Gasteiger charge is 2.44. The molecule has 1 aromatic heterocycles.